The summed E-state index contributed by atoms with van der Waals surface area (Å²) in [6, 6.07) is -0.924. The van der Waals surface area contributed by atoms with Crippen molar-refractivity contribution in [2.24, 2.45) is 0 Å². The van der Waals surface area contributed by atoms with Gasteiger partial charge in [0.2, 0.25) is 5.91 Å². The third kappa shape index (κ3) is 12.4. The summed E-state index contributed by atoms with van der Waals surface area (Å²) in [5.74, 6) is -0.743. The van der Waals surface area contributed by atoms with Gasteiger partial charge in [-0.2, -0.15) is 0 Å². The van der Waals surface area contributed by atoms with E-state index in [4.69, 9.17) is 14.6 Å². The molecule has 0 bridgehead atoms. The highest BCUT2D eigenvalue weighted by Gasteiger charge is 2.19. The zero-order valence-corrected chi connectivity index (χ0v) is 14.1. The molecule has 7 nitrogen and oxygen atoms in total. The highest BCUT2D eigenvalue weighted by Crippen LogP contribution is 2.22. The Labute approximate surface area is 131 Å². The molecule has 0 aliphatic carbocycles. The monoisotopic (exact) mass is 339 g/mol. The van der Waals surface area contributed by atoms with Gasteiger partial charge in [-0.3, -0.25) is 4.79 Å². The van der Waals surface area contributed by atoms with Crippen molar-refractivity contribution in [1.82, 2.24) is 5.32 Å². The van der Waals surface area contributed by atoms with E-state index in [1.807, 2.05) is 0 Å². The van der Waals surface area contributed by atoms with Crippen LogP contribution in [0.25, 0.3) is 0 Å². The molecule has 0 heterocycles. The van der Waals surface area contributed by atoms with Crippen LogP contribution in [-0.4, -0.2) is 52.9 Å². The lowest BCUT2D eigenvalue weighted by Crippen LogP contribution is -2.41. The molecule has 9 heteroatoms. The van der Waals surface area contributed by atoms with Crippen molar-refractivity contribution >= 4 is 39.6 Å². The van der Waals surface area contributed by atoms with Gasteiger partial charge in [-0.05, 0) is 20.8 Å². The molecule has 0 aromatic carbocycles. The van der Waals surface area contributed by atoms with E-state index < -0.39 is 23.8 Å². The first-order valence-electron chi connectivity index (χ1n) is 6.22. The quantitative estimate of drug-likeness (QED) is 0.393. The topological polar surface area (TPSA) is 102 Å². The number of amides is 1. The molecule has 0 spiro atoms. The van der Waals surface area contributed by atoms with Gasteiger partial charge in [0.1, 0.15) is 18.2 Å². The van der Waals surface area contributed by atoms with Crippen LogP contribution in [0.4, 0.5) is 4.79 Å². The highest BCUT2D eigenvalue weighted by atomic mass is 33.1. The van der Waals surface area contributed by atoms with E-state index in [9.17, 15) is 14.4 Å². The van der Waals surface area contributed by atoms with Crippen LogP contribution in [0.15, 0.2) is 0 Å². The summed E-state index contributed by atoms with van der Waals surface area (Å²) in [5.41, 5.74) is -0.591. The van der Waals surface area contributed by atoms with Gasteiger partial charge in [0.25, 0.3) is 0 Å². The number of carboxylic acids is 1. The van der Waals surface area contributed by atoms with E-state index in [1.165, 1.54) is 28.5 Å². The summed E-state index contributed by atoms with van der Waals surface area (Å²) < 4.78 is 9.81. The number of rotatable bonds is 8. The lowest BCUT2D eigenvalue weighted by atomic mass is 10.2. The lowest BCUT2D eigenvalue weighted by molar-refractivity contribution is -0.140. The number of ether oxygens (including phenoxy) is 2. The molecule has 21 heavy (non-hydrogen) atoms. The molecular weight excluding hydrogens is 318 g/mol. The van der Waals surface area contributed by atoms with Gasteiger partial charge in [0, 0.05) is 18.4 Å². The first-order valence-corrected chi connectivity index (χ1v) is 8.70. The average Bonchev–Trinajstić information content (AvgIpc) is 2.28. The van der Waals surface area contributed by atoms with E-state index in [-0.39, 0.29) is 18.3 Å². The third-order valence-corrected chi connectivity index (χ3v) is 4.15. The number of carboxylic acid groups (broad SMARTS) is 1. The van der Waals surface area contributed by atoms with E-state index in [0.717, 1.165) is 0 Å². The fourth-order valence-corrected chi connectivity index (χ4v) is 3.02. The SMILES string of the molecule is CC(=O)NC(CSSCCOC(=O)OC(C)(C)C)C(=O)O. The van der Waals surface area contributed by atoms with Gasteiger partial charge < -0.3 is 19.9 Å². The molecule has 1 amide bonds. The van der Waals surface area contributed by atoms with Crippen LogP contribution >= 0.6 is 21.6 Å². The number of hydrogen-bond acceptors (Lipinski definition) is 7. The second-order valence-electron chi connectivity index (χ2n) is 5.01. The average molecular weight is 339 g/mol. The van der Waals surface area contributed by atoms with Gasteiger partial charge in [-0.1, -0.05) is 21.6 Å². The van der Waals surface area contributed by atoms with E-state index in [1.54, 1.807) is 20.8 Å². The van der Waals surface area contributed by atoms with Gasteiger partial charge in [0.05, 0.1) is 0 Å². The van der Waals surface area contributed by atoms with Crippen LogP contribution in [0.1, 0.15) is 27.7 Å². The summed E-state index contributed by atoms with van der Waals surface area (Å²) in [5, 5.41) is 11.2. The minimum Gasteiger partial charge on any atom is -0.480 e. The predicted molar refractivity (Wildman–Crippen MR) is 82.3 cm³/mol. The van der Waals surface area contributed by atoms with Gasteiger partial charge in [-0.25, -0.2) is 9.59 Å². The molecule has 1 atom stereocenters. The van der Waals surface area contributed by atoms with Crippen molar-refractivity contribution in [3.63, 3.8) is 0 Å². The predicted octanol–water partition coefficient (Wildman–Crippen LogP) is 1.91. The first-order chi connectivity index (χ1) is 9.61. The van der Waals surface area contributed by atoms with Crippen molar-refractivity contribution < 1.29 is 29.0 Å². The maximum absolute atomic E-state index is 11.2. The van der Waals surface area contributed by atoms with Crippen LogP contribution < -0.4 is 5.32 Å². The minimum atomic E-state index is -1.08. The van der Waals surface area contributed by atoms with Crippen LogP contribution in [0.2, 0.25) is 0 Å². The van der Waals surface area contributed by atoms with Crippen molar-refractivity contribution in [1.29, 1.82) is 0 Å². The Bertz CT molecular complexity index is 369. The van der Waals surface area contributed by atoms with Crippen LogP contribution in [0.5, 0.6) is 0 Å². The Hall–Kier alpha value is -1.09. The number of nitrogens with one attached hydrogen (secondary N) is 1. The van der Waals surface area contributed by atoms with Crippen molar-refractivity contribution in [3.8, 4) is 0 Å². The summed E-state index contributed by atoms with van der Waals surface area (Å²) in [6.45, 7) is 6.67. The minimum absolute atomic E-state index is 0.171. The summed E-state index contributed by atoms with van der Waals surface area (Å²) in [6.07, 6.45) is -0.727. The van der Waals surface area contributed by atoms with Crippen molar-refractivity contribution in [2.45, 2.75) is 39.3 Å². The fraction of sp³-hybridized carbons (Fsp3) is 0.750. The Balaban J connectivity index is 3.73. The lowest BCUT2D eigenvalue weighted by Gasteiger charge is -2.18. The molecule has 122 valence electrons. The standard InChI is InChI=1S/C12H21NO6S2/c1-8(14)13-9(10(15)16)7-21-20-6-5-18-11(17)19-12(2,3)4/h9H,5-7H2,1-4H3,(H,13,14)(H,15,16). The normalized spacial score (nSPS) is 12.4. The molecule has 0 aliphatic heterocycles. The van der Waals surface area contributed by atoms with Gasteiger partial charge >= 0.3 is 12.1 Å². The summed E-state index contributed by atoms with van der Waals surface area (Å²) in [4.78, 5) is 32.9. The van der Waals surface area contributed by atoms with Crippen molar-refractivity contribution in [3.05, 3.63) is 0 Å². The number of hydrogen-bond donors (Lipinski definition) is 2. The number of aliphatic carboxylic acids is 1. The Morgan fingerprint density at radius 2 is 1.86 bits per heavy atom. The summed E-state index contributed by atoms with van der Waals surface area (Å²) >= 11 is 0. The first kappa shape index (κ1) is 19.9. The van der Waals surface area contributed by atoms with Gasteiger partial charge in [0.15, 0.2) is 0 Å². The highest BCUT2D eigenvalue weighted by molar-refractivity contribution is 8.76. The van der Waals surface area contributed by atoms with E-state index in [2.05, 4.69) is 5.32 Å². The largest absolute Gasteiger partial charge is 0.508 e. The van der Waals surface area contributed by atoms with Crippen LogP contribution in [-0.2, 0) is 19.1 Å². The molecule has 0 fully saturated rings. The maximum Gasteiger partial charge on any atom is 0.508 e. The van der Waals surface area contributed by atoms with Crippen molar-refractivity contribution in [2.75, 3.05) is 18.1 Å². The Morgan fingerprint density at radius 1 is 1.24 bits per heavy atom. The molecule has 2 N–H and O–H groups in total. The molecule has 0 aliphatic rings. The smallest absolute Gasteiger partial charge is 0.480 e. The summed E-state index contributed by atoms with van der Waals surface area (Å²) in [7, 11) is 2.64. The molecule has 0 aromatic rings. The molecular formula is C12H21NO6S2. The third-order valence-electron chi connectivity index (χ3n) is 1.77. The molecule has 0 saturated carbocycles. The van der Waals surface area contributed by atoms with Crippen LogP contribution in [0.3, 0.4) is 0 Å². The number of carbonyl (C=O) groups excluding carboxylic acids is 2. The number of carbonyl (C=O) groups is 3. The molecule has 1 unspecified atom stereocenters. The maximum atomic E-state index is 11.2. The second kappa shape index (κ2) is 9.78. The zero-order chi connectivity index (χ0) is 16.5. The van der Waals surface area contributed by atoms with E-state index >= 15 is 0 Å². The molecule has 0 saturated heterocycles. The van der Waals surface area contributed by atoms with E-state index in [0.29, 0.717) is 5.75 Å². The van der Waals surface area contributed by atoms with Crippen LogP contribution in [0, 0.1) is 0 Å². The second-order valence-corrected chi connectivity index (χ2v) is 7.64. The Kier molecular flexibility index (Phi) is 9.27. The van der Waals surface area contributed by atoms with Gasteiger partial charge in [-0.15, -0.1) is 0 Å². The molecule has 0 aromatic heterocycles. The Morgan fingerprint density at radius 3 is 2.33 bits per heavy atom. The zero-order valence-electron chi connectivity index (χ0n) is 12.5. The fourth-order valence-electron chi connectivity index (χ4n) is 1.03. The molecule has 0 rings (SSSR count). The molecule has 0 radical (unpaired) electrons.